The normalized spacial score (nSPS) is 12.6. The molecule has 0 aliphatic carbocycles. The fraction of sp³-hybridized carbons (Fsp3) is 0.231. The average molecular weight is 270 g/mol. The van der Waals surface area contributed by atoms with E-state index in [1.54, 1.807) is 29.5 Å². The first kappa shape index (κ1) is 12.6. The predicted molar refractivity (Wildman–Crippen MR) is 71.2 cm³/mol. The molecule has 4 heteroatoms. The number of likely N-dealkylation sites (N-methyl/N-ethyl adjacent to an activating group) is 1. The van der Waals surface area contributed by atoms with Crippen LogP contribution in [0.1, 0.15) is 16.5 Å². The van der Waals surface area contributed by atoms with Crippen molar-refractivity contribution in [1.82, 2.24) is 5.32 Å². The van der Waals surface area contributed by atoms with Crippen LogP contribution in [0.3, 0.4) is 0 Å². The summed E-state index contributed by atoms with van der Waals surface area (Å²) in [5, 5.41) is 5.41. The Morgan fingerprint density at radius 3 is 2.82 bits per heavy atom. The van der Waals surface area contributed by atoms with Gasteiger partial charge in [0, 0.05) is 10.9 Å². The Kier molecular flexibility index (Phi) is 4.15. The highest BCUT2D eigenvalue weighted by atomic mass is 35.5. The largest absolute Gasteiger partial charge is 0.312 e. The quantitative estimate of drug-likeness (QED) is 0.883. The maximum atomic E-state index is 13.8. The fourth-order valence-electron chi connectivity index (χ4n) is 1.76. The Bertz CT molecular complexity index is 484. The molecule has 0 spiro atoms. The van der Waals surface area contributed by atoms with Crippen LogP contribution in [-0.4, -0.2) is 7.05 Å². The van der Waals surface area contributed by atoms with E-state index in [2.05, 4.69) is 5.32 Å². The Hall–Kier alpha value is -0.900. The highest BCUT2D eigenvalue weighted by Crippen LogP contribution is 2.26. The SMILES string of the molecule is CNC(Cc1cccc(Cl)c1F)c1cccs1. The van der Waals surface area contributed by atoms with E-state index in [9.17, 15) is 4.39 Å². The molecular weight excluding hydrogens is 257 g/mol. The second-order valence-corrected chi connectivity index (χ2v) is 5.16. The van der Waals surface area contributed by atoms with Crippen molar-refractivity contribution in [3.63, 3.8) is 0 Å². The van der Waals surface area contributed by atoms with Crippen molar-refractivity contribution in [1.29, 1.82) is 0 Å². The lowest BCUT2D eigenvalue weighted by molar-refractivity contribution is 0.560. The molecule has 17 heavy (non-hydrogen) atoms. The van der Waals surface area contributed by atoms with E-state index < -0.39 is 0 Å². The smallest absolute Gasteiger partial charge is 0.145 e. The van der Waals surface area contributed by atoms with E-state index >= 15 is 0 Å². The van der Waals surface area contributed by atoms with Crippen molar-refractivity contribution in [2.45, 2.75) is 12.5 Å². The van der Waals surface area contributed by atoms with Gasteiger partial charge in [-0.2, -0.15) is 0 Å². The van der Waals surface area contributed by atoms with E-state index in [4.69, 9.17) is 11.6 Å². The third-order valence-corrected chi connectivity index (χ3v) is 3.97. The zero-order valence-corrected chi connectivity index (χ0v) is 11.0. The molecule has 2 aromatic rings. The van der Waals surface area contributed by atoms with Crippen LogP contribution in [0.5, 0.6) is 0 Å². The third-order valence-electron chi connectivity index (χ3n) is 2.69. The predicted octanol–water partition coefficient (Wildman–Crippen LogP) is 4.04. The Balaban J connectivity index is 2.22. The maximum absolute atomic E-state index is 13.8. The lowest BCUT2D eigenvalue weighted by Crippen LogP contribution is -2.18. The van der Waals surface area contributed by atoms with Crippen molar-refractivity contribution in [2.24, 2.45) is 0 Å². The molecule has 1 heterocycles. The first-order valence-corrected chi connectivity index (χ1v) is 6.61. The van der Waals surface area contributed by atoms with Crippen molar-refractivity contribution in [3.05, 3.63) is 57.0 Å². The molecule has 1 aromatic heterocycles. The summed E-state index contributed by atoms with van der Waals surface area (Å²) in [5.41, 5.74) is 0.644. The molecule has 1 atom stereocenters. The molecule has 1 N–H and O–H groups in total. The van der Waals surface area contributed by atoms with Crippen LogP contribution in [0.2, 0.25) is 5.02 Å². The van der Waals surface area contributed by atoms with Gasteiger partial charge in [0.05, 0.1) is 5.02 Å². The minimum atomic E-state index is -0.314. The summed E-state index contributed by atoms with van der Waals surface area (Å²) >= 11 is 7.44. The maximum Gasteiger partial charge on any atom is 0.145 e. The minimum absolute atomic E-state index is 0.128. The van der Waals surface area contributed by atoms with Gasteiger partial charge in [0.15, 0.2) is 0 Å². The molecule has 0 aliphatic rings. The van der Waals surface area contributed by atoms with Crippen LogP contribution in [0, 0.1) is 5.82 Å². The average Bonchev–Trinajstić information content (AvgIpc) is 2.85. The molecule has 0 fully saturated rings. The highest BCUT2D eigenvalue weighted by Gasteiger charge is 2.14. The van der Waals surface area contributed by atoms with Crippen molar-refractivity contribution < 1.29 is 4.39 Å². The first-order chi connectivity index (χ1) is 8.22. The monoisotopic (exact) mass is 269 g/mol. The molecule has 2 rings (SSSR count). The molecule has 0 radical (unpaired) electrons. The van der Waals surface area contributed by atoms with Gasteiger partial charge in [0.1, 0.15) is 5.82 Å². The van der Waals surface area contributed by atoms with Gasteiger partial charge in [-0.3, -0.25) is 0 Å². The summed E-state index contributed by atoms with van der Waals surface area (Å²) in [4.78, 5) is 1.20. The Morgan fingerprint density at radius 1 is 1.35 bits per heavy atom. The molecule has 1 unspecified atom stereocenters. The molecule has 0 aliphatic heterocycles. The second kappa shape index (κ2) is 5.63. The first-order valence-electron chi connectivity index (χ1n) is 5.36. The van der Waals surface area contributed by atoms with Crippen molar-refractivity contribution in [2.75, 3.05) is 7.05 Å². The number of thiophene rings is 1. The summed E-state index contributed by atoms with van der Waals surface area (Å²) in [7, 11) is 1.88. The molecular formula is C13H13ClFNS. The standard InChI is InChI=1S/C13H13ClFNS/c1-16-11(12-6-3-7-17-12)8-9-4-2-5-10(14)13(9)15/h2-7,11,16H,8H2,1H3. The topological polar surface area (TPSA) is 12.0 Å². The van der Waals surface area contributed by atoms with Crippen LogP contribution >= 0.6 is 22.9 Å². The van der Waals surface area contributed by atoms with E-state index in [1.807, 2.05) is 24.6 Å². The van der Waals surface area contributed by atoms with Gasteiger partial charge in [-0.1, -0.05) is 29.8 Å². The van der Waals surface area contributed by atoms with Gasteiger partial charge in [0.2, 0.25) is 0 Å². The van der Waals surface area contributed by atoms with Gasteiger partial charge in [-0.25, -0.2) is 4.39 Å². The molecule has 0 amide bonds. The number of halogens is 2. The summed E-state index contributed by atoms with van der Waals surface area (Å²) in [6.07, 6.45) is 0.601. The summed E-state index contributed by atoms with van der Waals surface area (Å²) in [5.74, 6) is -0.314. The second-order valence-electron chi connectivity index (χ2n) is 3.77. The van der Waals surface area contributed by atoms with Crippen LogP contribution in [0.15, 0.2) is 35.7 Å². The van der Waals surface area contributed by atoms with Crippen LogP contribution < -0.4 is 5.32 Å². The lowest BCUT2D eigenvalue weighted by Gasteiger charge is -2.15. The van der Waals surface area contributed by atoms with Gasteiger partial charge in [0.25, 0.3) is 0 Å². The van der Waals surface area contributed by atoms with Crippen molar-refractivity contribution >= 4 is 22.9 Å². The molecule has 0 saturated carbocycles. The van der Waals surface area contributed by atoms with Crippen LogP contribution in [-0.2, 0) is 6.42 Å². The molecule has 90 valence electrons. The number of hydrogen-bond acceptors (Lipinski definition) is 2. The zero-order chi connectivity index (χ0) is 12.3. The zero-order valence-electron chi connectivity index (χ0n) is 9.41. The van der Waals surface area contributed by atoms with E-state index in [0.29, 0.717) is 12.0 Å². The summed E-state index contributed by atoms with van der Waals surface area (Å²) < 4.78 is 13.8. The van der Waals surface area contributed by atoms with Gasteiger partial charge in [-0.15, -0.1) is 11.3 Å². The third kappa shape index (κ3) is 2.86. The number of nitrogens with one attached hydrogen (secondary N) is 1. The molecule has 1 nitrogen and oxygen atoms in total. The number of benzene rings is 1. The number of rotatable bonds is 4. The van der Waals surface area contributed by atoms with Crippen LogP contribution in [0.4, 0.5) is 4.39 Å². The fourth-order valence-corrected chi connectivity index (χ4v) is 2.79. The molecule has 1 aromatic carbocycles. The Morgan fingerprint density at radius 2 is 2.18 bits per heavy atom. The number of hydrogen-bond donors (Lipinski definition) is 1. The van der Waals surface area contributed by atoms with E-state index in [-0.39, 0.29) is 16.9 Å². The minimum Gasteiger partial charge on any atom is -0.312 e. The van der Waals surface area contributed by atoms with Crippen molar-refractivity contribution in [3.8, 4) is 0 Å². The molecule has 0 bridgehead atoms. The Labute approximate surface area is 109 Å². The highest BCUT2D eigenvalue weighted by molar-refractivity contribution is 7.10. The lowest BCUT2D eigenvalue weighted by atomic mass is 10.0. The van der Waals surface area contributed by atoms with E-state index in [1.165, 1.54) is 4.88 Å². The van der Waals surface area contributed by atoms with Gasteiger partial charge in [-0.05, 0) is 36.5 Å². The molecule has 0 saturated heterocycles. The van der Waals surface area contributed by atoms with Crippen LogP contribution in [0.25, 0.3) is 0 Å². The van der Waals surface area contributed by atoms with Gasteiger partial charge < -0.3 is 5.32 Å². The van der Waals surface area contributed by atoms with Gasteiger partial charge >= 0.3 is 0 Å². The van der Waals surface area contributed by atoms with E-state index in [0.717, 1.165) is 0 Å². The summed E-state index contributed by atoms with van der Waals surface area (Å²) in [6.45, 7) is 0. The summed E-state index contributed by atoms with van der Waals surface area (Å²) in [6, 6.07) is 9.30.